The van der Waals surface area contributed by atoms with E-state index in [9.17, 15) is 4.79 Å². The molecule has 6 nitrogen and oxygen atoms in total. The molecule has 0 saturated carbocycles. The summed E-state index contributed by atoms with van der Waals surface area (Å²) in [5.74, 6) is 0.357. The van der Waals surface area contributed by atoms with Gasteiger partial charge in [0.1, 0.15) is 10.9 Å². The molecule has 2 aromatic carbocycles. The zero-order valence-electron chi connectivity index (χ0n) is 16.2. The SMILES string of the molecule is Cc1cc(I)cc(C)c1OCC(=O)NN=Cc1c(C)nn(-c2ccccc2)c1Cl. The van der Waals surface area contributed by atoms with Crippen molar-refractivity contribution >= 4 is 46.3 Å². The van der Waals surface area contributed by atoms with E-state index in [4.69, 9.17) is 16.3 Å². The molecule has 0 aliphatic rings. The summed E-state index contributed by atoms with van der Waals surface area (Å²) in [6, 6.07) is 13.6. The number of para-hydroxylation sites is 1. The van der Waals surface area contributed by atoms with Crippen LogP contribution in [0.5, 0.6) is 5.75 Å². The molecule has 3 rings (SSSR count). The topological polar surface area (TPSA) is 68.5 Å². The number of halogens is 2. The first-order chi connectivity index (χ1) is 13.9. The molecule has 8 heteroatoms. The second-order valence-electron chi connectivity index (χ2n) is 6.49. The van der Waals surface area contributed by atoms with Gasteiger partial charge >= 0.3 is 0 Å². The van der Waals surface area contributed by atoms with E-state index in [1.54, 1.807) is 4.68 Å². The van der Waals surface area contributed by atoms with Crippen molar-refractivity contribution in [1.82, 2.24) is 15.2 Å². The van der Waals surface area contributed by atoms with Crippen molar-refractivity contribution in [2.75, 3.05) is 6.61 Å². The van der Waals surface area contributed by atoms with Crippen LogP contribution in [0, 0.1) is 24.3 Å². The van der Waals surface area contributed by atoms with Gasteiger partial charge in [-0.15, -0.1) is 0 Å². The lowest BCUT2D eigenvalue weighted by Crippen LogP contribution is -2.25. The lowest BCUT2D eigenvalue weighted by molar-refractivity contribution is -0.123. The van der Waals surface area contributed by atoms with Crippen LogP contribution in [0.15, 0.2) is 47.6 Å². The number of nitrogens with zero attached hydrogens (tertiary/aromatic N) is 3. The predicted molar refractivity (Wildman–Crippen MR) is 123 cm³/mol. The van der Waals surface area contributed by atoms with E-state index in [0.29, 0.717) is 22.2 Å². The molecule has 0 aliphatic heterocycles. The van der Waals surface area contributed by atoms with Crippen molar-refractivity contribution in [1.29, 1.82) is 0 Å². The van der Waals surface area contributed by atoms with Crippen molar-refractivity contribution < 1.29 is 9.53 Å². The first-order valence-electron chi connectivity index (χ1n) is 8.89. The van der Waals surface area contributed by atoms with Crippen LogP contribution in [0.1, 0.15) is 22.4 Å². The van der Waals surface area contributed by atoms with E-state index in [2.05, 4.69) is 38.2 Å². The fraction of sp³-hybridized carbons (Fsp3) is 0.190. The smallest absolute Gasteiger partial charge is 0.277 e. The molecular formula is C21H20ClIN4O2. The largest absolute Gasteiger partial charge is 0.483 e. The number of nitrogens with one attached hydrogen (secondary N) is 1. The first kappa shape index (κ1) is 21.3. The van der Waals surface area contributed by atoms with Crippen LogP contribution in [-0.2, 0) is 4.79 Å². The zero-order chi connectivity index (χ0) is 21.0. The van der Waals surface area contributed by atoms with Gasteiger partial charge in [-0.1, -0.05) is 29.8 Å². The van der Waals surface area contributed by atoms with Crippen molar-refractivity contribution in [2.24, 2.45) is 5.10 Å². The van der Waals surface area contributed by atoms with Crippen LogP contribution >= 0.6 is 34.2 Å². The summed E-state index contributed by atoms with van der Waals surface area (Å²) in [7, 11) is 0. The third-order valence-electron chi connectivity index (χ3n) is 4.20. The third-order valence-corrected chi connectivity index (χ3v) is 5.19. The molecule has 3 aromatic rings. The van der Waals surface area contributed by atoms with Gasteiger partial charge in [-0.2, -0.15) is 10.2 Å². The highest BCUT2D eigenvalue weighted by molar-refractivity contribution is 14.1. The molecule has 29 heavy (non-hydrogen) atoms. The monoisotopic (exact) mass is 522 g/mol. The number of hydrazone groups is 1. The van der Waals surface area contributed by atoms with Crippen LogP contribution < -0.4 is 10.2 Å². The number of rotatable bonds is 6. The number of carbonyl (C=O) groups excluding carboxylic acids is 1. The Balaban J connectivity index is 1.63. The highest BCUT2D eigenvalue weighted by Gasteiger charge is 2.13. The van der Waals surface area contributed by atoms with Gasteiger partial charge in [0.15, 0.2) is 6.61 Å². The molecule has 0 spiro atoms. The predicted octanol–water partition coefficient (Wildman–Crippen LogP) is 4.58. The van der Waals surface area contributed by atoms with E-state index in [-0.39, 0.29) is 12.5 Å². The Bertz CT molecular complexity index is 1040. The average molecular weight is 523 g/mol. The standard InChI is InChI=1S/C21H20ClIN4O2/c1-13-9-16(23)10-14(2)20(13)29-12-19(28)25-24-11-18-15(3)26-27(21(18)22)17-7-5-4-6-8-17/h4-11H,12H2,1-3H3,(H,25,28). The average Bonchev–Trinajstić information content (AvgIpc) is 2.96. The number of amides is 1. The number of benzene rings is 2. The fourth-order valence-electron chi connectivity index (χ4n) is 2.86. The van der Waals surface area contributed by atoms with Gasteiger partial charge in [-0.05, 0) is 78.8 Å². The normalized spacial score (nSPS) is 11.1. The van der Waals surface area contributed by atoms with Crippen LogP contribution in [0.3, 0.4) is 0 Å². The minimum absolute atomic E-state index is 0.129. The summed E-state index contributed by atoms with van der Waals surface area (Å²) in [4.78, 5) is 12.1. The molecule has 0 saturated heterocycles. The summed E-state index contributed by atoms with van der Waals surface area (Å²) in [5, 5.41) is 8.86. The van der Waals surface area contributed by atoms with E-state index in [1.165, 1.54) is 6.21 Å². The molecule has 0 bridgehead atoms. The van der Waals surface area contributed by atoms with E-state index in [1.807, 2.05) is 63.2 Å². The van der Waals surface area contributed by atoms with Crippen molar-refractivity contribution in [2.45, 2.75) is 20.8 Å². The molecule has 1 amide bonds. The van der Waals surface area contributed by atoms with Crippen molar-refractivity contribution in [3.05, 3.63) is 73.6 Å². The Morgan fingerprint density at radius 3 is 2.55 bits per heavy atom. The quantitative estimate of drug-likeness (QED) is 0.293. The Hall–Kier alpha value is -2.39. The number of hydrogen-bond acceptors (Lipinski definition) is 4. The highest BCUT2D eigenvalue weighted by Crippen LogP contribution is 2.25. The Morgan fingerprint density at radius 2 is 1.90 bits per heavy atom. The van der Waals surface area contributed by atoms with Crippen LogP contribution in [-0.4, -0.2) is 28.5 Å². The highest BCUT2D eigenvalue weighted by atomic mass is 127. The summed E-state index contributed by atoms with van der Waals surface area (Å²) in [5.41, 5.74) is 6.63. The van der Waals surface area contributed by atoms with Crippen LogP contribution in [0.25, 0.3) is 5.69 Å². The molecule has 0 aliphatic carbocycles. The minimum Gasteiger partial charge on any atom is -0.483 e. The number of hydrogen-bond donors (Lipinski definition) is 1. The summed E-state index contributed by atoms with van der Waals surface area (Å²) < 4.78 is 8.42. The zero-order valence-corrected chi connectivity index (χ0v) is 19.2. The first-order valence-corrected chi connectivity index (χ1v) is 10.3. The summed E-state index contributed by atoms with van der Waals surface area (Å²) in [6.45, 7) is 5.61. The van der Waals surface area contributed by atoms with E-state index in [0.717, 1.165) is 20.4 Å². The second kappa shape index (κ2) is 9.41. The fourth-order valence-corrected chi connectivity index (χ4v) is 4.12. The second-order valence-corrected chi connectivity index (χ2v) is 8.09. The van der Waals surface area contributed by atoms with Gasteiger partial charge in [-0.25, -0.2) is 10.1 Å². The van der Waals surface area contributed by atoms with Crippen molar-refractivity contribution in [3.8, 4) is 11.4 Å². The van der Waals surface area contributed by atoms with Crippen LogP contribution in [0.2, 0.25) is 5.15 Å². The van der Waals surface area contributed by atoms with Gasteiger partial charge in [0, 0.05) is 3.57 Å². The summed E-state index contributed by atoms with van der Waals surface area (Å²) >= 11 is 8.69. The van der Waals surface area contributed by atoms with Gasteiger partial charge in [-0.3, -0.25) is 4.79 Å². The Labute approximate surface area is 188 Å². The maximum Gasteiger partial charge on any atom is 0.277 e. The maximum absolute atomic E-state index is 12.1. The molecule has 0 radical (unpaired) electrons. The Morgan fingerprint density at radius 1 is 1.24 bits per heavy atom. The molecule has 150 valence electrons. The number of aromatic nitrogens is 2. The molecule has 1 heterocycles. The van der Waals surface area contributed by atoms with Gasteiger partial charge < -0.3 is 4.74 Å². The maximum atomic E-state index is 12.1. The lowest BCUT2D eigenvalue weighted by atomic mass is 10.1. The van der Waals surface area contributed by atoms with Gasteiger partial charge in [0.25, 0.3) is 5.91 Å². The molecular weight excluding hydrogens is 503 g/mol. The molecule has 1 N–H and O–H groups in total. The van der Waals surface area contributed by atoms with Gasteiger partial charge in [0.05, 0.1) is 23.2 Å². The number of ether oxygens (including phenoxy) is 1. The van der Waals surface area contributed by atoms with E-state index < -0.39 is 0 Å². The molecule has 0 atom stereocenters. The van der Waals surface area contributed by atoms with Gasteiger partial charge in [0.2, 0.25) is 0 Å². The third kappa shape index (κ3) is 5.16. The lowest BCUT2D eigenvalue weighted by Gasteiger charge is -2.11. The molecule has 0 unspecified atom stereocenters. The molecule has 0 fully saturated rings. The minimum atomic E-state index is -0.358. The number of aryl methyl sites for hydroxylation is 3. The number of carbonyl (C=O) groups is 1. The van der Waals surface area contributed by atoms with E-state index >= 15 is 0 Å². The van der Waals surface area contributed by atoms with Crippen LogP contribution in [0.4, 0.5) is 0 Å². The summed E-state index contributed by atoms with van der Waals surface area (Å²) in [6.07, 6.45) is 1.49. The van der Waals surface area contributed by atoms with Crippen molar-refractivity contribution in [3.63, 3.8) is 0 Å². The molecule has 1 aromatic heterocycles. The Kier molecular flexibility index (Phi) is 6.92.